The maximum atomic E-state index is 12.4. The molecule has 24 heavy (non-hydrogen) atoms. The first kappa shape index (κ1) is 16.0. The van der Waals surface area contributed by atoms with E-state index in [4.69, 9.17) is 9.47 Å². The Hall–Kier alpha value is -2.83. The average molecular weight is 329 g/mol. The summed E-state index contributed by atoms with van der Waals surface area (Å²) in [6, 6.07) is 6.51. The van der Waals surface area contributed by atoms with Crippen LogP contribution in [-0.4, -0.2) is 35.2 Å². The predicted octanol–water partition coefficient (Wildman–Crippen LogP) is 2.46. The fraction of sp³-hybridized carbons (Fsp3) is 0.353. The van der Waals surface area contributed by atoms with Crippen molar-refractivity contribution in [3.8, 4) is 5.75 Å². The summed E-state index contributed by atoms with van der Waals surface area (Å²) in [6.45, 7) is 5.27. The Morgan fingerprint density at radius 1 is 1.38 bits per heavy atom. The molecule has 0 saturated heterocycles. The zero-order valence-corrected chi connectivity index (χ0v) is 13.8. The minimum absolute atomic E-state index is 0.0103. The number of fused-ring (bicyclic) bond motifs is 3. The minimum Gasteiger partial charge on any atom is -0.489 e. The van der Waals surface area contributed by atoms with E-state index in [2.05, 4.69) is 15.6 Å². The first-order valence-corrected chi connectivity index (χ1v) is 7.64. The molecule has 1 aliphatic heterocycles. The Balaban J connectivity index is 1.81. The fourth-order valence-corrected chi connectivity index (χ4v) is 2.38. The van der Waals surface area contributed by atoms with Crippen molar-refractivity contribution in [3.05, 3.63) is 30.5 Å². The predicted molar refractivity (Wildman–Crippen MR) is 89.0 cm³/mol. The summed E-state index contributed by atoms with van der Waals surface area (Å²) >= 11 is 0. The van der Waals surface area contributed by atoms with E-state index in [0.29, 0.717) is 17.0 Å². The van der Waals surface area contributed by atoms with Gasteiger partial charge < -0.3 is 20.1 Å². The van der Waals surface area contributed by atoms with Gasteiger partial charge >= 0.3 is 6.09 Å². The van der Waals surface area contributed by atoms with Crippen molar-refractivity contribution in [2.24, 2.45) is 0 Å². The molecule has 7 nitrogen and oxygen atoms in total. The molecule has 0 radical (unpaired) electrons. The number of pyridine rings is 1. The van der Waals surface area contributed by atoms with Gasteiger partial charge in [-0.25, -0.2) is 4.79 Å². The summed E-state index contributed by atoms with van der Waals surface area (Å²) in [7, 11) is 0. The van der Waals surface area contributed by atoms with Crippen LogP contribution >= 0.6 is 0 Å². The number of amides is 2. The number of aromatic nitrogens is 1. The van der Waals surface area contributed by atoms with Crippen LogP contribution in [0.3, 0.4) is 0 Å². The molecule has 0 spiro atoms. The van der Waals surface area contributed by atoms with Gasteiger partial charge in [-0.15, -0.1) is 0 Å². The summed E-state index contributed by atoms with van der Waals surface area (Å²) in [5.74, 6) is 0.140. The largest absolute Gasteiger partial charge is 0.489 e. The molecule has 3 rings (SSSR count). The Bertz CT molecular complexity index is 798. The molecule has 0 aliphatic carbocycles. The molecule has 1 aromatic carbocycles. The Morgan fingerprint density at radius 2 is 2.17 bits per heavy atom. The van der Waals surface area contributed by atoms with Gasteiger partial charge in [0.1, 0.15) is 29.7 Å². The van der Waals surface area contributed by atoms with E-state index in [0.717, 1.165) is 5.39 Å². The zero-order valence-electron chi connectivity index (χ0n) is 13.8. The fourth-order valence-electron chi connectivity index (χ4n) is 2.38. The molecular formula is C17H19N3O4. The second kappa shape index (κ2) is 5.99. The quantitative estimate of drug-likeness (QED) is 0.839. The molecule has 0 bridgehead atoms. The van der Waals surface area contributed by atoms with E-state index in [1.807, 2.05) is 18.2 Å². The number of hydrogen-bond acceptors (Lipinski definition) is 5. The third-order valence-corrected chi connectivity index (χ3v) is 3.40. The monoisotopic (exact) mass is 329 g/mol. The van der Waals surface area contributed by atoms with Crippen molar-refractivity contribution in [3.63, 3.8) is 0 Å². The van der Waals surface area contributed by atoms with E-state index < -0.39 is 17.7 Å². The molecule has 0 unspecified atom stereocenters. The normalized spacial score (nSPS) is 17.3. The second-order valence-corrected chi connectivity index (χ2v) is 6.51. The van der Waals surface area contributed by atoms with Gasteiger partial charge in [-0.2, -0.15) is 0 Å². The van der Waals surface area contributed by atoms with Gasteiger partial charge in [0.15, 0.2) is 0 Å². The highest BCUT2D eigenvalue weighted by Crippen LogP contribution is 2.33. The van der Waals surface area contributed by atoms with Gasteiger partial charge in [0.05, 0.1) is 5.52 Å². The highest BCUT2D eigenvalue weighted by atomic mass is 16.6. The molecule has 2 aromatic rings. The molecule has 2 heterocycles. The first-order valence-electron chi connectivity index (χ1n) is 7.64. The molecule has 2 amide bonds. The lowest BCUT2D eigenvalue weighted by atomic mass is 10.1. The first-order chi connectivity index (χ1) is 11.3. The summed E-state index contributed by atoms with van der Waals surface area (Å²) in [4.78, 5) is 28.6. The lowest BCUT2D eigenvalue weighted by molar-refractivity contribution is -0.118. The van der Waals surface area contributed by atoms with Crippen molar-refractivity contribution in [2.75, 3.05) is 11.9 Å². The number of nitrogens with zero attached hydrogens (tertiary/aromatic N) is 1. The van der Waals surface area contributed by atoms with Gasteiger partial charge in [-0.1, -0.05) is 6.07 Å². The third kappa shape index (κ3) is 3.40. The van der Waals surface area contributed by atoms with Crippen LogP contribution < -0.4 is 15.4 Å². The highest BCUT2D eigenvalue weighted by Gasteiger charge is 2.29. The molecule has 0 saturated carbocycles. The van der Waals surface area contributed by atoms with E-state index in [1.165, 1.54) is 0 Å². The van der Waals surface area contributed by atoms with Crippen molar-refractivity contribution < 1.29 is 19.1 Å². The molecular weight excluding hydrogens is 310 g/mol. The van der Waals surface area contributed by atoms with Crippen LogP contribution in [0.1, 0.15) is 20.8 Å². The average Bonchev–Trinajstić information content (AvgIpc) is 2.65. The van der Waals surface area contributed by atoms with Gasteiger partial charge in [0.25, 0.3) is 5.91 Å². The lowest BCUT2D eigenvalue weighted by Gasteiger charge is -2.22. The number of hydrogen-bond donors (Lipinski definition) is 2. The van der Waals surface area contributed by atoms with Crippen LogP contribution in [0.15, 0.2) is 30.5 Å². The van der Waals surface area contributed by atoms with E-state index >= 15 is 0 Å². The van der Waals surface area contributed by atoms with Crippen LogP contribution in [0.5, 0.6) is 5.75 Å². The van der Waals surface area contributed by atoms with Crippen LogP contribution in [0.4, 0.5) is 10.5 Å². The zero-order chi connectivity index (χ0) is 17.3. The SMILES string of the molecule is CC(C)(C)OC(=O)N[C@H]1COc2ccc3cccnc3c2NC1=O. The maximum absolute atomic E-state index is 12.4. The molecule has 1 atom stereocenters. The molecule has 126 valence electrons. The minimum atomic E-state index is -0.856. The Kier molecular flexibility index (Phi) is 4.01. The lowest BCUT2D eigenvalue weighted by Crippen LogP contribution is -2.48. The van der Waals surface area contributed by atoms with Crippen molar-refractivity contribution >= 4 is 28.6 Å². The number of nitrogens with one attached hydrogen (secondary N) is 2. The standard InChI is InChI=1S/C17H19N3O4/c1-17(2,3)24-16(22)19-11-9-23-12-7-6-10-5-4-8-18-13(10)14(12)20-15(11)21/h4-8,11H,9H2,1-3H3,(H,19,22)(H,20,21)/t11-/m0/s1. The summed E-state index contributed by atoms with van der Waals surface area (Å²) in [6.07, 6.45) is 0.982. The topological polar surface area (TPSA) is 89.6 Å². The molecule has 1 aliphatic rings. The summed E-state index contributed by atoms with van der Waals surface area (Å²) in [5, 5.41) is 6.20. The van der Waals surface area contributed by atoms with E-state index in [1.54, 1.807) is 33.0 Å². The van der Waals surface area contributed by atoms with E-state index in [9.17, 15) is 9.59 Å². The van der Waals surface area contributed by atoms with Gasteiger partial charge in [-0.05, 0) is 39.0 Å². The van der Waals surface area contributed by atoms with Gasteiger partial charge in [0.2, 0.25) is 0 Å². The third-order valence-electron chi connectivity index (χ3n) is 3.40. The number of carbonyl (C=O) groups is 2. The molecule has 1 aromatic heterocycles. The number of benzene rings is 1. The van der Waals surface area contributed by atoms with Gasteiger partial charge in [-0.3, -0.25) is 9.78 Å². The summed E-state index contributed by atoms with van der Waals surface area (Å²) in [5.41, 5.74) is 0.503. The van der Waals surface area contributed by atoms with Crippen molar-refractivity contribution in [1.29, 1.82) is 0 Å². The van der Waals surface area contributed by atoms with E-state index in [-0.39, 0.29) is 12.5 Å². The number of anilines is 1. The number of carbonyl (C=O) groups excluding carboxylic acids is 2. The second-order valence-electron chi connectivity index (χ2n) is 6.51. The summed E-state index contributed by atoms with van der Waals surface area (Å²) < 4.78 is 10.9. The van der Waals surface area contributed by atoms with Crippen LogP contribution in [0.25, 0.3) is 10.9 Å². The molecule has 0 fully saturated rings. The number of rotatable bonds is 1. The van der Waals surface area contributed by atoms with Crippen LogP contribution in [0.2, 0.25) is 0 Å². The van der Waals surface area contributed by atoms with Crippen molar-refractivity contribution in [1.82, 2.24) is 10.3 Å². The number of ether oxygens (including phenoxy) is 2. The van der Waals surface area contributed by atoms with Crippen molar-refractivity contribution in [2.45, 2.75) is 32.4 Å². The van der Waals surface area contributed by atoms with Crippen LogP contribution in [-0.2, 0) is 9.53 Å². The Morgan fingerprint density at radius 3 is 2.92 bits per heavy atom. The maximum Gasteiger partial charge on any atom is 0.408 e. The Labute approximate surface area is 139 Å². The molecule has 7 heteroatoms. The number of alkyl carbamates (subject to hydrolysis) is 1. The van der Waals surface area contributed by atoms with Gasteiger partial charge in [0, 0.05) is 11.6 Å². The molecule has 2 N–H and O–H groups in total. The van der Waals surface area contributed by atoms with Crippen LogP contribution in [0, 0.1) is 0 Å². The smallest absolute Gasteiger partial charge is 0.408 e. The highest BCUT2D eigenvalue weighted by molar-refractivity contribution is 6.05.